The number of carbonyl (C=O) groups excluding carboxylic acids is 1. The van der Waals surface area contributed by atoms with E-state index in [9.17, 15) is 18.0 Å². The average Bonchev–Trinajstić information content (AvgIpc) is 2.95. The molecule has 2 aliphatic heterocycles. The Bertz CT molecular complexity index is 686. The van der Waals surface area contributed by atoms with E-state index in [1.165, 1.54) is 0 Å². The first-order chi connectivity index (χ1) is 11.7. The molecule has 138 valence electrons. The average molecular weight is 356 g/mol. The normalized spacial score (nSPS) is 34.6. The van der Waals surface area contributed by atoms with Gasteiger partial charge in [-0.15, -0.1) is 0 Å². The zero-order valence-corrected chi connectivity index (χ0v) is 14.4. The zero-order chi connectivity index (χ0) is 17.9. The van der Waals surface area contributed by atoms with Gasteiger partial charge >= 0.3 is 6.18 Å². The number of fused-ring (bicyclic) bond motifs is 1. The van der Waals surface area contributed by atoms with Crippen LogP contribution in [0.2, 0.25) is 0 Å². The Balaban J connectivity index is 1.52. The van der Waals surface area contributed by atoms with Gasteiger partial charge in [-0.2, -0.15) is 18.3 Å². The van der Waals surface area contributed by atoms with E-state index >= 15 is 0 Å². The number of amides is 1. The van der Waals surface area contributed by atoms with Crippen LogP contribution in [0.1, 0.15) is 50.8 Å². The highest BCUT2D eigenvalue weighted by Crippen LogP contribution is 2.42. The van der Waals surface area contributed by atoms with E-state index in [-0.39, 0.29) is 30.2 Å². The molecule has 1 aromatic rings. The van der Waals surface area contributed by atoms with Crippen LogP contribution in [-0.2, 0) is 4.79 Å². The topological polar surface area (TPSA) is 50.2 Å². The van der Waals surface area contributed by atoms with E-state index < -0.39 is 12.2 Å². The lowest BCUT2D eigenvalue weighted by Crippen LogP contribution is -2.37. The summed E-state index contributed by atoms with van der Waals surface area (Å²) in [6.07, 6.45) is -2.62. The lowest BCUT2D eigenvalue weighted by Gasteiger charge is -2.31. The van der Waals surface area contributed by atoms with Gasteiger partial charge in [-0.05, 0) is 32.1 Å². The maximum Gasteiger partial charge on any atom is 0.410 e. The van der Waals surface area contributed by atoms with Crippen LogP contribution in [0, 0.1) is 11.8 Å². The standard InChI is InChI=1S/C17H23F3N4O/c1-9-5-12(9)16(25)23-4-3-11(8-23)13-7-15-21-10(2)6-14(17(18,19)20)24(15)22-13/h7,9-12,14,21H,3-6,8H2,1-2H3/t9-,10-,11-,12-,14-/m1/s1. The third-order valence-corrected chi connectivity index (χ3v) is 5.74. The highest BCUT2D eigenvalue weighted by atomic mass is 19.4. The molecule has 2 fully saturated rings. The van der Waals surface area contributed by atoms with Gasteiger partial charge in [0.25, 0.3) is 0 Å². The predicted octanol–water partition coefficient (Wildman–Crippen LogP) is 3.16. The fourth-order valence-corrected chi connectivity index (χ4v) is 4.08. The maximum absolute atomic E-state index is 13.3. The molecule has 1 amide bonds. The van der Waals surface area contributed by atoms with Gasteiger partial charge in [0.05, 0.1) is 5.69 Å². The Kier molecular flexibility index (Phi) is 3.77. The number of hydrogen-bond donors (Lipinski definition) is 1. The van der Waals surface area contributed by atoms with E-state index in [2.05, 4.69) is 17.3 Å². The molecule has 1 saturated heterocycles. The first kappa shape index (κ1) is 16.7. The third-order valence-electron chi connectivity index (χ3n) is 5.74. The van der Waals surface area contributed by atoms with Gasteiger partial charge in [0.2, 0.25) is 5.91 Å². The van der Waals surface area contributed by atoms with Gasteiger partial charge in [-0.3, -0.25) is 4.79 Å². The summed E-state index contributed by atoms with van der Waals surface area (Å²) in [7, 11) is 0. The van der Waals surface area contributed by atoms with Crippen LogP contribution in [0.4, 0.5) is 19.0 Å². The number of nitrogens with one attached hydrogen (secondary N) is 1. The summed E-state index contributed by atoms with van der Waals surface area (Å²) < 4.78 is 41.1. The van der Waals surface area contributed by atoms with Crippen molar-refractivity contribution in [3.63, 3.8) is 0 Å². The summed E-state index contributed by atoms with van der Waals surface area (Å²) in [6.45, 7) is 5.05. The highest BCUT2D eigenvalue weighted by Gasteiger charge is 2.46. The smallest absolute Gasteiger partial charge is 0.368 e. The number of carbonyl (C=O) groups is 1. The van der Waals surface area contributed by atoms with Crippen LogP contribution < -0.4 is 5.32 Å². The molecule has 1 aromatic heterocycles. The molecule has 1 saturated carbocycles. The molecular formula is C17H23F3N4O. The minimum Gasteiger partial charge on any atom is -0.368 e. The van der Waals surface area contributed by atoms with Crippen LogP contribution in [0.25, 0.3) is 0 Å². The molecular weight excluding hydrogens is 333 g/mol. The summed E-state index contributed by atoms with van der Waals surface area (Å²) in [5, 5.41) is 7.37. The number of anilines is 1. The number of hydrogen-bond acceptors (Lipinski definition) is 3. The highest BCUT2D eigenvalue weighted by molar-refractivity contribution is 5.82. The fraction of sp³-hybridized carbons (Fsp3) is 0.765. The zero-order valence-electron chi connectivity index (χ0n) is 14.4. The number of aromatic nitrogens is 2. The third kappa shape index (κ3) is 3.00. The van der Waals surface area contributed by atoms with Crippen molar-refractivity contribution in [2.24, 2.45) is 11.8 Å². The molecule has 0 spiro atoms. The molecule has 5 atom stereocenters. The SMILES string of the molecule is C[C@@H]1C[C@H](C(F)(F)F)n2nc([C@@H]3CCN(C(=O)[C@@H]4C[C@H]4C)C3)cc2N1. The van der Waals surface area contributed by atoms with Gasteiger partial charge in [0.1, 0.15) is 5.82 Å². The predicted molar refractivity (Wildman–Crippen MR) is 86.2 cm³/mol. The number of rotatable bonds is 2. The Morgan fingerprint density at radius 2 is 2.04 bits per heavy atom. The molecule has 3 aliphatic rings. The molecule has 0 bridgehead atoms. The van der Waals surface area contributed by atoms with Crippen LogP contribution in [0.15, 0.2) is 6.07 Å². The molecule has 4 rings (SSSR count). The summed E-state index contributed by atoms with van der Waals surface area (Å²) >= 11 is 0. The molecule has 8 heteroatoms. The number of halogens is 3. The Morgan fingerprint density at radius 3 is 2.68 bits per heavy atom. The summed E-state index contributed by atoms with van der Waals surface area (Å²) in [6, 6.07) is -0.104. The maximum atomic E-state index is 13.3. The fourth-order valence-electron chi connectivity index (χ4n) is 4.08. The van der Waals surface area contributed by atoms with Crippen molar-refractivity contribution in [1.82, 2.24) is 14.7 Å². The van der Waals surface area contributed by atoms with Crippen molar-refractivity contribution < 1.29 is 18.0 Å². The minimum absolute atomic E-state index is 0.0158. The summed E-state index contributed by atoms with van der Waals surface area (Å²) in [5.41, 5.74) is 0.657. The molecule has 0 radical (unpaired) electrons. The quantitative estimate of drug-likeness (QED) is 0.886. The largest absolute Gasteiger partial charge is 0.410 e. The van der Waals surface area contributed by atoms with Crippen LogP contribution >= 0.6 is 0 Å². The van der Waals surface area contributed by atoms with E-state index in [0.29, 0.717) is 30.5 Å². The minimum atomic E-state index is -4.31. The molecule has 0 aromatic carbocycles. The van der Waals surface area contributed by atoms with Gasteiger partial charge in [-0.25, -0.2) is 4.68 Å². The number of nitrogens with zero attached hydrogens (tertiary/aromatic N) is 3. The molecule has 1 aliphatic carbocycles. The molecule has 5 nitrogen and oxygen atoms in total. The van der Waals surface area contributed by atoms with Crippen molar-refractivity contribution in [3.8, 4) is 0 Å². The van der Waals surface area contributed by atoms with Crippen molar-refractivity contribution in [2.45, 2.75) is 57.3 Å². The second-order valence-electron chi connectivity index (χ2n) is 7.83. The lowest BCUT2D eigenvalue weighted by atomic mass is 10.0. The molecule has 25 heavy (non-hydrogen) atoms. The Morgan fingerprint density at radius 1 is 1.32 bits per heavy atom. The van der Waals surface area contributed by atoms with E-state index in [1.54, 1.807) is 13.0 Å². The lowest BCUT2D eigenvalue weighted by molar-refractivity contribution is -0.173. The first-order valence-electron chi connectivity index (χ1n) is 8.95. The summed E-state index contributed by atoms with van der Waals surface area (Å²) in [5.74, 6) is 1.24. The van der Waals surface area contributed by atoms with E-state index in [4.69, 9.17) is 0 Å². The van der Waals surface area contributed by atoms with Crippen molar-refractivity contribution >= 4 is 11.7 Å². The number of likely N-dealkylation sites (tertiary alicyclic amines) is 1. The van der Waals surface area contributed by atoms with Gasteiger partial charge in [-0.1, -0.05) is 6.92 Å². The van der Waals surface area contributed by atoms with Crippen LogP contribution in [0.3, 0.4) is 0 Å². The van der Waals surface area contributed by atoms with Gasteiger partial charge in [0, 0.05) is 37.0 Å². The van der Waals surface area contributed by atoms with Gasteiger partial charge in [0.15, 0.2) is 6.04 Å². The molecule has 0 unspecified atom stereocenters. The van der Waals surface area contributed by atoms with Crippen LogP contribution in [0.5, 0.6) is 0 Å². The second-order valence-corrected chi connectivity index (χ2v) is 7.83. The second kappa shape index (κ2) is 5.64. The first-order valence-corrected chi connectivity index (χ1v) is 8.95. The van der Waals surface area contributed by atoms with Gasteiger partial charge < -0.3 is 10.2 Å². The summed E-state index contributed by atoms with van der Waals surface area (Å²) in [4.78, 5) is 14.2. The van der Waals surface area contributed by atoms with Crippen LogP contribution in [-0.4, -0.2) is 45.9 Å². The van der Waals surface area contributed by atoms with Crippen molar-refractivity contribution in [3.05, 3.63) is 11.8 Å². The molecule has 3 heterocycles. The molecule has 1 N–H and O–H groups in total. The van der Waals surface area contributed by atoms with E-state index in [0.717, 1.165) is 17.5 Å². The number of alkyl halides is 3. The van der Waals surface area contributed by atoms with Crippen molar-refractivity contribution in [2.75, 3.05) is 18.4 Å². The van der Waals surface area contributed by atoms with Crippen molar-refractivity contribution in [1.29, 1.82) is 0 Å². The Labute approximate surface area is 144 Å². The monoisotopic (exact) mass is 356 g/mol. The van der Waals surface area contributed by atoms with E-state index in [1.807, 2.05) is 4.90 Å². The Hall–Kier alpha value is -1.73.